The molecule has 1 N–H and O–H groups in total. The van der Waals surface area contributed by atoms with Gasteiger partial charge in [0.25, 0.3) is 5.91 Å². The van der Waals surface area contributed by atoms with Gasteiger partial charge in [0.1, 0.15) is 12.0 Å². The topological polar surface area (TPSA) is 75.2 Å². The van der Waals surface area contributed by atoms with Crippen molar-refractivity contribution in [2.45, 2.75) is 32.6 Å². The van der Waals surface area contributed by atoms with Gasteiger partial charge in [0.2, 0.25) is 5.91 Å². The molecule has 2 aromatic rings. The van der Waals surface area contributed by atoms with Crippen molar-refractivity contribution in [2.75, 3.05) is 19.6 Å². The van der Waals surface area contributed by atoms with E-state index in [4.69, 9.17) is 0 Å². The molecule has 1 atom stereocenters. The number of nitrogens with zero attached hydrogens (tertiary/aromatic N) is 3. The molecular formula is C21H24N4O2. The molecule has 4 rings (SSSR count). The van der Waals surface area contributed by atoms with E-state index >= 15 is 0 Å². The van der Waals surface area contributed by atoms with Gasteiger partial charge in [-0.05, 0) is 32.3 Å². The van der Waals surface area contributed by atoms with Gasteiger partial charge in [-0.3, -0.25) is 9.59 Å². The highest BCUT2D eigenvalue weighted by atomic mass is 16.2. The third-order valence-corrected chi connectivity index (χ3v) is 6.27. The Kier molecular flexibility index (Phi) is 4.42. The van der Waals surface area contributed by atoms with Crippen molar-refractivity contribution in [1.29, 1.82) is 0 Å². The molecule has 6 nitrogen and oxygen atoms in total. The zero-order valence-electron chi connectivity index (χ0n) is 15.7. The van der Waals surface area contributed by atoms with Gasteiger partial charge in [-0.25, -0.2) is 9.97 Å². The Morgan fingerprint density at radius 3 is 2.56 bits per heavy atom. The third-order valence-electron chi connectivity index (χ3n) is 6.27. The van der Waals surface area contributed by atoms with Crippen molar-refractivity contribution < 1.29 is 9.59 Å². The monoisotopic (exact) mass is 364 g/mol. The van der Waals surface area contributed by atoms with Gasteiger partial charge in [0.05, 0.1) is 5.41 Å². The largest absolute Gasteiger partial charge is 0.355 e. The quantitative estimate of drug-likeness (QED) is 0.887. The van der Waals surface area contributed by atoms with Crippen LogP contribution in [0.15, 0.2) is 36.7 Å². The highest BCUT2D eigenvalue weighted by Crippen LogP contribution is 2.47. The second-order valence-electron chi connectivity index (χ2n) is 7.55. The molecular weight excluding hydrogens is 340 g/mol. The minimum absolute atomic E-state index is 0.0671. The van der Waals surface area contributed by atoms with E-state index in [1.54, 1.807) is 0 Å². The van der Waals surface area contributed by atoms with E-state index < -0.39 is 5.41 Å². The van der Waals surface area contributed by atoms with Gasteiger partial charge >= 0.3 is 0 Å². The first kappa shape index (κ1) is 17.6. The number of hydrogen-bond acceptors (Lipinski definition) is 4. The second-order valence-corrected chi connectivity index (χ2v) is 7.55. The van der Waals surface area contributed by atoms with Crippen molar-refractivity contribution in [3.05, 3.63) is 59.2 Å². The maximum atomic E-state index is 12.9. The number of hydrogen-bond donors (Lipinski definition) is 1. The lowest BCUT2D eigenvalue weighted by Crippen LogP contribution is -2.48. The van der Waals surface area contributed by atoms with Crippen molar-refractivity contribution in [3.63, 3.8) is 0 Å². The maximum Gasteiger partial charge on any atom is 0.272 e. The summed E-state index contributed by atoms with van der Waals surface area (Å²) in [6.07, 6.45) is 2.79. The zero-order valence-corrected chi connectivity index (χ0v) is 15.7. The van der Waals surface area contributed by atoms with Crippen LogP contribution in [0.5, 0.6) is 0 Å². The van der Waals surface area contributed by atoms with E-state index in [1.807, 2.05) is 36.9 Å². The van der Waals surface area contributed by atoms with Crippen molar-refractivity contribution in [1.82, 2.24) is 20.2 Å². The molecule has 27 heavy (non-hydrogen) atoms. The first-order valence-corrected chi connectivity index (χ1v) is 9.43. The summed E-state index contributed by atoms with van der Waals surface area (Å²) >= 11 is 0. The number of nitrogens with one attached hydrogen (secondary N) is 1. The van der Waals surface area contributed by atoms with Crippen LogP contribution in [0.25, 0.3) is 0 Å². The Hall–Kier alpha value is -2.76. The molecule has 1 spiro atoms. The van der Waals surface area contributed by atoms with Crippen LogP contribution in [0.4, 0.5) is 0 Å². The average molecular weight is 364 g/mol. The van der Waals surface area contributed by atoms with E-state index in [0.717, 1.165) is 11.3 Å². The molecule has 2 aliphatic rings. The van der Waals surface area contributed by atoms with E-state index in [2.05, 4.69) is 27.4 Å². The number of aryl methyl sites for hydroxylation is 1. The summed E-state index contributed by atoms with van der Waals surface area (Å²) in [6.45, 7) is 5.56. The number of carbonyl (C=O) groups excluding carboxylic acids is 2. The van der Waals surface area contributed by atoms with Crippen molar-refractivity contribution >= 4 is 11.8 Å². The highest BCUT2D eigenvalue weighted by Gasteiger charge is 2.52. The molecule has 1 aromatic carbocycles. The lowest BCUT2D eigenvalue weighted by atomic mass is 9.68. The van der Waals surface area contributed by atoms with E-state index in [-0.39, 0.29) is 17.7 Å². The summed E-state index contributed by atoms with van der Waals surface area (Å²) in [6, 6.07) is 10.2. The van der Waals surface area contributed by atoms with Gasteiger partial charge in [-0.2, -0.15) is 0 Å². The Labute approximate surface area is 159 Å². The molecule has 0 bridgehead atoms. The van der Waals surface area contributed by atoms with Crippen LogP contribution in [-0.2, 0) is 4.79 Å². The fraction of sp³-hybridized carbons (Fsp3) is 0.429. The van der Waals surface area contributed by atoms with Crippen LogP contribution in [0, 0.1) is 19.3 Å². The number of aromatic nitrogens is 2. The lowest BCUT2D eigenvalue weighted by Gasteiger charge is -2.41. The van der Waals surface area contributed by atoms with Crippen LogP contribution in [0.1, 0.15) is 46.1 Å². The Bertz CT molecular complexity index is 873. The summed E-state index contributed by atoms with van der Waals surface area (Å²) < 4.78 is 0. The van der Waals surface area contributed by atoms with Crippen LogP contribution in [0.2, 0.25) is 0 Å². The summed E-state index contributed by atoms with van der Waals surface area (Å²) in [4.78, 5) is 35.9. The highest BCUT2D eigenvalue weighted by molar-refractivity contribution is 5.94. The molecule has 2 amide bonds. The van der Waals surface area contributed by atoms with Gasteiger partial charge in [-0.15, -0.1) is 0 Å². The smallest absolute Gasteiger partial charge is 0.272 e. The van der Waals surface area contributed by atoms with Gasteiger partial charge < -0.3 is 10.2 Å². The molecule has 140 valence electrons. The normalized spacial score (nSPS) is 21.3. The van der Waals surface area contributed by atoms with Gasteiger partial charge in [0, 0.05) is 36.8 Å². The molecule has 0 saturated carbocycles. The molecule has 1 unspecified atom stereocenters. The standard InChI is InChI=1S/C21H24N4O2/c1-14-15(2)23-13-24-18(14)19(26)25-10-8-21(9-11-25)17(12-22-20(21)27)16-6-4-3-5-7-16/h3-7,13,17H,8-12H2,1-2H3,(H,22,27). The molecule has 1 aromatic heterocycles. The summed E-state index contributed by atoms with van der Waals surface area (Å²) in [5, 5.41) is 3.06. The van der Waals surface area contributed by atoms with Crippen LogP contribution in [0.3, 0.4) is 0 Å². The molecule has 6 heteroatoms. The molecule has 2 aliphatic heterocycles. The average Bonchev–Trinajstić information content (AvgIpc) is 3.01. The Balaban J connectivity index is 1.54. The number of benzene rings is 1. The van der Waals surface area contributed by atoms with E-state index in [1.165, 1.54) is 11.9 Å². The first-order valence-electron chi connectivity index (χ1n) is 9.43. The Morgan fingerprint density at radius 2 is 1.85 bits per heavy atom. The predicted octanol–water partition coefficient (Wildman–Crippen LogP) is 2.23. The summed E-state index contributed by atoms with van der Waals surface area (Å²) in [5.41, 5.74) is 2.88. The zero-order chi connectivity index (χ0) is 19.0. The van der Waals surface area contributed by atoms with Gasteiger partial charge in [0.15, 0.2) is 0 Å². The van der Waals surface area contributed by atoms with Crippen molar-refractivity contribution in [3.8, 4) is 0 Å². The minimum atomic E-state index is -0.422. The number of likely N-dealkylation sites (tertiary alicyclic amines) is 1. The van der Waals surface area contributed by atoms with Gasteiger partial charge in [-0.1, -0.05) is 30.3 Å². The first-order chi connectivity index (χ1) is 13.0. The van der Waals surface area contributed by atoms with Crippen LogP contribution < -0.4 is 5.32 Å². The van der Waals surface area contributed by atoms with Crippen LogP contribution in [-0.4, -0.2) is 46.3 Å². The predicted molar refractivity (Wildman–Crippen MR) is 101 cm³/mol. The molecule has 3 heterocycles. The summed E-state index contributed by atoms with van der Waals surface area (Å²) in [5.74, 6) is 0.214. The number of carbonyl (C=O) groups is 2. The third kappa shape index (κ3) is 2.89. The molecule has 0 aliphatic carbocycles. The maximum absolute atomic E-state index is 12.9. The number of amides is 2. The molecule has 2 saturated heterocycles. The Morgan fingerprint density at radius 1 is 1.15 bits per heavy atom. The summed E-state index contributed by atoms with van der Waals surface area (Å²) in [7, 11) is 0. The second kappa shape index (κ2) is 6.76. The van der Waals surface area contributed by atoms with Crippen molar-refractivity contribution in [2.24, 2.45) is 5.41 Å². The van der Waals surface area contributed by atoms with E-state index in [0.29, 0.717) is 38.2 Å². The SMILES string of the molecule is Cc1ncnc(C(=O)N2CCC3(CC2)C(=O)NCC3c2ccccc2)c1C. The number of piperidine rings is 1. The fourth-order valence-electron chi connectivity index (χ4n) is 4.43. The number of rotatable bonds is 2. The minimum Gasteiger partial charge on any atom is -0.355 e. The molecule has 2 fully saturated rings. The van der Waals surface area contributed by atoms with Crippen LogP contribution >= 0.6 is 0 Å². The lowest BCUT2D eigenvalue weighted by molar-refractivity contribution is -0.130. The molecule has 0 radical (unpaired) electrons. The van der Waals surface area contributed by atoms with E-state index in [9.17, 15) is 9.59 Å². The fourth-order valence-corrected chi connectivity index (χ4v) is 4.43.